The summed E-state index contributed by atoms with van der Waals surface area (Å²) in [5, 5.41) is 13.4. The number of azo groups is 1. The summed E-state index contributed by atoms with van der Waals surface area (Å²) in [5.41, 5.74) is 4.71. The molecule has 0 N–H and O–H groups in total. The molecular weight excluding hydrogens is 272 g/mol. The van der Waals surface area contributed by atoms with E-state index in [1.807, 2.05) is 72.3 Å². The Balaban J connectivity index is 2.02. The summed E-state index contributed by atoms with van der Waals surface area (Å²) in [4.78, 5) is 0. The fraction of sp³-hybridized carbons (Fsp3) is 0.167. The van der Waals surface area contributed by atoms with Crippen LogP contribution in [0.2, 0.25) is 0 Å². The fourth-order valence-corrected chi connectivity index (χ4v) is 2.40. The highest BCUT2D eigenvalue weighted by Gasteiger charge is 2.14. The van der Waals surface area contributed by atoms with E-state index in [-0.39, 0.29) is 0 Å². The van der Waals surface area contributed by atoms with Crippen molar-refractivity contribution in [2.45, 2.75) is 20.3 Å². The number of aromatic nitrogens is 2. The van der Waals surface area contributed by atoms with Gasteiger partial charge in [-0.25, -0.2) is 4.68 Å². The van der Waals surface area contributed by atoms with Crippen molar-refractivity contribution in [2.24, 2.45) is 10.2 Å². The molecule has 1 heterocycles. The molecule has 0 aliphatic rings. The lowest BCUT2D eigenvalue weighted by Crippen LogP contribution is -2.00. The third-order valence-electron chi connectivity index (χ3n) is 3.48. The molecule has 110 valence electrons. The smallest absolute Gasteiger partial charge is 0.130 e. The highest BCUT2D eigenvalue weighted by molar-refractivity contribution is 5.51. The summed E-state index contributed by atoms with van der Waals surface area (Å²) in [5.74, 6) is 0. The van der Waals surface area contributed by atoms with Gasteiger partial charge in [-0.15, -0.1) is 5.11 Å². The predicted octanol–water partition coefficient (Wildman–Crippen LogP) is 5.16. The molecule has 3 aromatic rings. The Kier molecular flexibility index (Phi) is 4.10. The highest BCUT2D eigenvalue weighted by Crippen LogP contribution is 2.28. The molecule has 2 aromatic carbocycles. The van der Waals surface area contributed by atoms with Gasteiger partial charge in [-0.2, -0.15) is 10.2 Å². The van der Waals surface area contributed by atoms with Gasteiger partial charge < -0.3 is 0 Å². The number of aryl methyl sites for hydroxylation is 1. The first kappa shape index (κ1) is 14.2. The van der Waals surface area contributed by atoms with E-state index in [1.54, 1.807) is 0 Å². The number of nitrogens with zero attached hydrogens (tertiary/aromatic N) is 4. The summed E-state index contributed by atoms with van der Waals surface area (Å²) < 4.78 is 1.95. The van der Waals surface area contributed by atoms with Crippen LogP contribution in [0.4, 0.5) is 11.4 Å². The molecule has 22 heavy (non-hydrogen) atoms. The van der Waals surface area contributed by atoms with Crippen molar-refractivity contribution in [2.75, 3.05) is 0 Å². The maximum atomic E-state index is 4.63. The van der Waals surface area contributed by atoms with Crippen molar-refractivity contribution in [3.05, 3.63) is 72.1 Å². The number of para-hydroxylation sites is 1. The van der Waals surface area contributed by atoms with Gasteiger partial charge in [-0.3, -0.25) is 0 Å². The van der Waals surface area contributed by atoms with Gasteiger partial charge >= 0.3 is 0 Å². The van der Waals surface area contributed by atoms with Crippen LogP contribution in [0.1, 0.15) is 18.3 Å². The molecule has 0 aliphatic heterocycles. The molecule has 4 nitrogen and oxygen atoms in total. The van der Waals surface area contributed by atoms with Crippen molar-refractivity contribution in [3.63, 3.8) is 0 Å². The SMILES string of the molecule is CCc1c(/N=N/c2ccccc2)c(C)nn1-c1ccccc1. The topological polar surface area (TPSA) is 42.5 Å². The molecule has 0 atom stereocenters. The van der Waals surface area contributed by atoms with E-state index in [4.69, 9.17) is 0 Å². The zero-order valence-corrected chi connectivity index (χ0v) is 12.8. The van der Waals surface area contributed by atoms with E-state index in [0.717, 1.165) is 34.9 Å². The lowest BCUT2D eigenvalue weighted by molar-refractivity contribution is 0.804. The molecule has 0 spiro atoms. The highest BCUT2D eigenvalue weighted by atomic mass is 15.3. The fourth-order valence-electron chi connectivity index (χ4n) is 2.40. The molecular formula is C18H18N4. The van der Waals surface area contributed by atoms with Crippen LogP contribution in [0, 0.1) is 6.92 Å². The first-order valence-corrected chi connectivity index (χ1v) is 7.40. The third kappa shape index (κ3) is 2.81. The molecule has 0 radical (unpaired) electrons. The Hall–Kier alpha value is -2.75. The second kappa shape index (κ2) is 6.35. The van der Waals surface area contributed by atoms with Crippen LogP contribution < -0.4 is 0 Å². The standard InChI is InChI=1S/C18H18N4/c1-3-17-18(20-19-15-10-6-4-7-11-15)14(2)21-22(17)16-12-8-5-9-13-16/h4-13H,3H2,1-2H3/b20-19+. The van der Waals surface area contributed by atoms with Crippen LogP contribution in [-0.4, -0.2) is 9.78 Å². The summed E-state index contributed by atoms with van der Waals surface area (Å²) in [6.45, 7) is 4.08. The van der Waals surface area contributed by atoms with Gasteiger partial charge in [0.05, 0.1) is 22.8 Å². The maximum Gasteiger partial charge on any atom is 0.130 e. The van der Waals surface area contributed by atoms with Gasteiger partial charge in [0.1, 0.15) is 5.69 Å². The Morgan fingerprint density at radius 2 is 1.55 bits per heavy atom. The molecule has 0 bridgehead atoms. The molecule has 0 fully saturated rings. The Labute approximate surface area is 130 Å². The minimum absolute atomic E-state index is 0.844. The van der Waals surface area contributed by atoms with Crippen LogP contribution >= 0.6 is 0 Å². The second-order valence-corrected chi connectivity index (χ2v) is 5.02. The van der Waals surface area contributed by atoms with Crippen molar-refractivity contribution >= 4 is 11.4 Å². The molecule has 3 rings (SSSR count). The number of hydrogen-bond acceptors (Lipinski definition) is 3. The van der Waals surface area contributed by atoms with Crippen LogP contribution in [0.3, 0.4) is 0 Å². The summed E-state index contributed by atoms with van der Waals surface area (Å²) in [6.07, 6.45) is 0.846. The molecule has 0 aliphatic carbocycles. The van der Waals surface area contributed by atoms with E-state index in [0.29, 0.717) is 0 Å². The van der Waals surface area contributed by atoms with E-state index in [9.17, 15) is 0 Å². The monoisotopic (exact) mass is 290 g/mol. The van der Waals surface area contributed by atoms with Gasteiger partial charge in [-0.1, -0.05) is 43.3 Å². The molecule has 0 saturated carbocycles. The van der Waals surface area contributed by atoms with Gasteiger partial charge in [0.25, 0.3) is 0 Å². The van der Waals surface area contributed by atoms with Crippen LogP contribution in [-0.2, 0) is 6.42 Å². The third-order valence-corrected chi connectivity index (χ3v) is 3.48. The normalized spacial score (nSPS) is 11.2. The van der Waals surface area contributed by atoms with Crippen molar-refractivity contribution < 1.29 is 0 Å². The molecule has 4 heteroatoms. The lowest BCUT2D eigenvalue weighted by atomic mass is 10.2. The van der Waals surface area contributed by atoms with E-state index in [2.05, 4.69) is 22.3 Å². The van der Waals surface area contributed by atoms with Crippen molar-refractivity contribution in [1.29, 1.82) is 0 Å². The summed E-state index contributed by atoms with van der Waals surface area (Å²) >= 11 is 0. The molecule has 0 amide bonds. The lowest BCUT2D eigenvalue weighted by Gasteiger charge is -2.05. The first-order valence-electron chi connectivity index (χ1n) is 7.40. The second-order valence-electron chi connectivity index (χ2n) is 5.02. The quantitative estimate of drug-likeness (QED) is 0.612. The van der Waals surface area contributed by atoms with Gasteiger partial charge in [0.15, 0.2) is 0 Å². The van der Waals surface area contributed by atoms with E-state index in [1.165, 1.54) is 0 Å². The molecule has 0 saturated heterocycles. The number of benzene rings is 2. The van der Waals surface area contributed by atoms with Crippen LogP contribution in [0.5, 0.6) is 0 Å². The van der Waals surface area contributed by atoms with Crippen LogP contribution in [0.25, 0.3) is 5.69 Å². The average Bonchev–Trinajstić information content (AvgIpc) is 2.90. The van der Waals surface area contributed by atoms with Crippen molar-refractivity contribution in [3.8, 4) is 5.69 Å². The summed E-state index contributed by atoms with van der Waals surface area (Å²) in [6, 6.07) is 19.9. The minimum atomic E-state index is 0.844. The summed E-state index contributed by atoms with van der Waals surface area (Å²) in [7, 11) is 0. The molecule has 1 aromatic heterocycles. The Morgan fingerprint density at radius 3 is 2.18 bits per heavy atom. The Bertz CT molecular complexity index is 774. The zero-order valence-electron chi connectivity index (χ0n) is 12.8. The molecule has 0 unspecified atom stereocenters. The zero-order chi connectivity index (χ0) is 15.4. The number of hydrogen-bond donors (Lipinski definition) is 0. The minimum Gasteiger partial charge on any atom is -0.235 e. The predicted molar refractivity (Wildman–Crippen MR) is 88.3 cm³/mol. The largest absolute Gasteiger partial charge is 0.235 e. The first-order chi connectivity index (χ1) is 10.8. The number of rotatable bonds is 4. The van der Waals surface area contributed by atoms with E-state index < -0.39 is 0 Å². The van der Waals surface area contributed by atoms with Crippen molar-refractivity contribution in [1.82, 2.24) is 9.78 Å². The van der Waals surface area contributed by atoms with Crippen LogP contribution in [0.15, 0.2) is 70.9 Å². The van der Waals surface area contributed by atoms with Gasteiger partial charge in [-0.05, 0) is 37.6 Å². The van der Waals surface area contributed by atoms with Gasteiger partial charge in [0, 0.05) is 0 Å². The average molecular weight is 290 g/mol. The Morgan fingerprint density at radius 1 is 0.909 bits per heavy atom. The van der Waals surface area contributed by atoms with E-state index >= 15 is 0 Å². The van der Waals surface area contributed by atoms with Gasteiger partial charge in [0.2, 0.25) is 0 Å². The maximum absolute atomic E-state index is 4.63.